The van der Waals surface area contributed by atoms with Crippen molar-refractivity contribution < 1.29 is 14.3 Å². The Bertz CT molecular complexity index is 919. The Balaban J connectivity index is 1.67. The zero-order valence-corrected chi connectivity index (χ0v) is 15.4. The zero-order chi connectivity index (χ0) is 17.9. The van der Waals surface area contributed by atoms with Crippen LogP contribution in [0.15, 0.2) is 53.7 Å². The van der Waals surface area contributed by atoms with Crippen LogP contribution in [0, 0.1) is 0 Å². The monoisotopic (exact) mass is 368 g/mol. The zero-order valence-electron chi connectivity index (χ0n) is 14.6. The Morgan fingerprint density at radius 1 is 1.31 bits per heavy atom. The van der Waals surface area contributed by atoms with Crippen molar-refractivity contribution in [1.82, 2.24) is 9.55 Å². The standard InChI is InChI=1S/C20H20N2O3S/c1-24-19(23)15-7-8-17-18(11-15)22(12-16-9-10-25-16)20(21-17)26-13-14-5-3-2-4-6-14/h2-8,11,16H,9-10,12-13H2,1H3. The van der Waals surface area contributed by atoms with Gasteiger partial charge in [0.05, 0.1) is 36.4 Å². The van der Waals surface area contributed by atoms with Crippen LogP contribution in [0.5, 0.6) is 0 Å². The molecular weight excluding hydrogens is 348 g/mol. The van der Waals surface area contributed by atoms with Gasteiger partial charge < -0.3 is 14.0 Å². The molecular formula is C20H20N2O3S. The van der Waals surface area contributed by atoms with Crippen LogP contribution in [0.2, 0.25) is 0 Å². The van der Waals surface area contributed by atoms with Crippen molar-refractivity contribution in [3.8, 4) is 0 Å². The van der Waals surface area contributed by atoms with Crippen LogP contribution < -0.4 is 0 Å². The van der Waals surface area contributed by atoms with Crippen molar-refractivity contribution in [1.29, 1.82) is 0 Å². The summed E-state index contributed by atoms with van der Waals surface area (Å²) in [6.07, 6.45) is 1.27. The minimum Gasteiger partial charge on any atom is -0.465 e. The summed E-state index contributed by atoms with van der Waals surface area (Å²) in [6, 6.07) is 15.8. The highest BCUT2D eigenvalue weighted by Crippen LogP contribution is 2.29. The Morgan fingerprint density at radius 2 is 2.12 bits per heavy atom. The molecule has 1 aliphatic heterocycles. The molecule has 0 N–H and O–H groups in total. The largest absolute Gasteiger partial charge is 0.465 e. The summed E-state index contributed by atoms with van der Waals surface area (Å²) in [7, 11) is 1.40. The van der Waals surface area contributed by atoms with E-state index in [1.165, 1.54) is 12.7 Å². The summed E-state index contributed by atoms with van der Waals surface area (Å²) in [5, 5.41) is 0.946. The number of imidazole rings is 1. The number of aromatic nitrogens is 2. The van der Waals surface area contributed by atoms with Crippen LogP contribution in [0.25, 0.3) is 11.0 Å². The van der Waals surface area contributed by atoms with Gasteiger partial charge in [0.15, 0.2) is 5.16 Å². The number of thioether (sulfide) groups is 1. The molecule has 1 aliphatic rings. The van der Waals surface area contributed by atoms with Crippen molar-refractivity contribution in [2.75, 3.05) is 13.7 Å². The topological polar surface area (TPSA) is 53.3 Å². The fourth-order valence-electron chi connectivity index (χ4n) is 2.99. The molecule has 0 aliphatic carbocycles. The fourth-order valence-corrected chi connectivity index (χ4v) is 3.97. The number of carbonyl (C=O) groups is 1. The predicted molar refractivity (Wildman–Crippen MR) is 101 cm³/mol. The average Bonchev–Trinajstić information content (AvgIpc) is 2.99. The molecule has 2 aromatic carbocycles. The first-order chi connectivity index (χ1) is 12.7. The van der Waals surface area contributed by atoms with Gasteiger partial charge in [-0.25, -0.2) is 9.78 Å². The molecule has 3 aromatic rings. The van der Waals surface area contributed by atoms with E-state index in [1.54, 1.807) is 17.8 Å². The van der Waals surface area contributed by atoms with Crippen molar-refractivity contribution in [3.63, 3.8) is 0 Å². The quantitative estimate of drug-likeness (QED) is 0.488. The van der Waals surface area contributed by atoms with E-state index in [0.717, 1.165) is 41.5 Å². The number of benzene rings is 2. The maximum atomic E-state index is 11.9. The van der Waals surface area contributed by atoms with Gasteiger partial charge in [0.2, 0.25) is 0 Å². The van der Waals surface area contributed by atoms with Gasteiger partial charge in [-0.05, 0) is 30.2 Å². The first-order valence-corrected chi connectivity index (χ1v) is 9.60. The maximum absolute atomic E-state index is 11.9. The molecule has 1 aromatic heterocycles. The summed E-state index contributed by atoms with van der Waals surface area (Å²) >= 11 is 1.70. The number of fused-ring (bicyclic) bond motifs is 1. The molecule has 5 nitrogen and oxygen atoms in total. The van der Waals surface area contributed by atoms with E-state index in [1.807, 2.05) is 30.3 Å². The van der Waals surface area contributed by atoms with Gasteiger partial charge in [0.1, 0.15) is 0 Å². The molecule has 0 radical (unpaired) electrons. The lowest BCUT2D eigenvalue weighted by atomic mass is 10.1. The smallest absolute Gasteiger partial charge is 0.337 e. The molecule has 4 rings (SSSR count). The van der Waals surface area contributed by atoms with Gasteiger partial charge in [-0.2, -0.15) is 0 Å². The molecule has 1 saturated heterocycles. The molecule has 134 valence electrons. The van der Waals surface area contributed by atoms with E-state index in [4.69, 9.17) is 14.5 Å². The minimum absolute atomic E-state index is 0.213. The van der Waals surface area contributed by atoms with Gasteiger partial charge in [-0.15, -0.1) is 0 Å². The molecule has 1 fully saturated rings. The predicted octanol–water partition coefficient (Wildman–Crippen LogP) is 3.90. The second kappa shape index (κ2) is 7.51. The highest BCUT2D eigenvalue weighted by atomic mass is 32.2. The SMILES string of the molecule is COC(=O)c1ccc2nc(SCc3ccccc3)n(CC3CCO3)c2c1. The molecule has 0 saturated carbocycles. The normalized spacial score (nSPS) is 16.4. The Kier molecular flexibility index (Phi) is 4.95. The first kappa shape index (κ1) is 17.1. The third kappa shape index (κ3) is 3.48. The maximum Gasteiger partial charge on any atom is 0.337 e. The molecule has 2 heterocycles. The number of rotatable bonds is 6. The van der Waals surface area contributed by atoms with Gasteiger partial charge in [0.25, 0.3) is 0 Å². The number of hydrogen-bond acceptors (Lipinski definition) is 5. The Hall–Kier alpha value is -2.31. The van der Waals surface area contributed by atoms with E-state index in [2.05, 4.69) is 16.7 Å². The van der Waals surface area contributed by atoms with Crippen LogP contribution in [-0.4, -0.2) is 35.3 Å². The molecule has 1 unspecified atom stereocenters. The van der Waals surface area contributed by atoms with Gasteiger partial charge in [-0.3, -0.25) is 0 Å². The van der Waals surface area contributed by atoms with Gasteiger partial charge in [-0.1, -0.05) is 42.1 Å². The molecule has 0 spiro atoms. The lowest BCUT2D eigenvalue weighted by molar-refractivity contribution is -0.0597. The molecule has 1 atom stereocenters. The van der Waals surface area contributed by atoms with E-state index >= 15 is 0 Å². The molecule has 0 bridgehead atoms. The summed E-state index contributed by atoms with van der Waals surface area (Å²) in [6.45, 7) is 1.56. The number of carbonyl (C=O) groups excluding carboxylic acids is 1. The van der Waals surface area contributed by atoms with E-state index in [0.29, 0.717) is 5.56 Å². The number of esters is 1. The van der Waals surface area contributed by atoms with Crippen LogP contribution in [-0.2, 0) is 21.8 Å². The fraction of sp³-hybridized carbons (Fsp3) is 0.300. The van der Waals surface area contributed by atoms with Crippen LogP contribution in [0.4, 0.5) is 0 Å². The van der Waals surface area contributed by atoms with Crippen LogP contribution >= 0.6 is 11.8 Å². The highest BCUT2D eigenvalue weighted by Gasteiger charge is 2.22. The second-order valence-electron chi connectivity index (χ2n) is 6.26. The molecule has 6 heteroatoms. The minimum atomic E-state index is -0.335. The van der Waals surface area contributed by atoms with Crippen LogP contribution in [0.3, 0.4) is 0 Å². The van der Waals surface area contributed by atoms with Crippen molar-refractivity contribution >= 4 is 28.8 Å². The lowest BCUT2D eigenvalue weighted by Gasteiger charge is -2.27. The second-order valence-corrected chi connectivity index (χ2v) is 7.20. The van der Waals surface area contributed by atoms with Crippen molar-refractivity contribution in [2.24, 2.45) is 0 Å². The van der Waals surface area contributed by atoms with E-state index in [-0.39, 0.29) is 12.1 Å². The van der Waals surface area contributed by atoms with Gasteiger partial charge >= 0.3 is 5.97 Å². The summed E-state index contributed by atoms with van der Waals surface area (Å²) in [5.41, 5.74) is 3.62. The molecule has 26 heavy (non-hydrogen) atoms. The number of ether oxygens (including phenoxy) is 2. The van der Waals surface area contributed by atoms with Crippen molar-refractivity contribution in [3.05, 3.63) is 59.7 Å². The highest BCUT2D eigenvalue weighted by molar-refractivity contribution is 7.98. The van der Waals surface area contributed by atoms with Crippen LogP contribution in [0.1, 0.15) is 22.3 Å². The number of nitrogens with zero attached hydrogens (tertiary/aromatic N) is 2. The summed E-state index contributed by atoms with van der Waals surface area (Å²) < 4.78 is 12.6. The first-order valence-electron chi connectivity index (χ1n) is 8.61. The van der Waals surface area contributed by atoms with Crippen molar-refractivity contribution in [2.45, 2.75) is 30.0 Å². The van der Waals surface area contributed by atoms with E-state index in [9.17, 15) is 4.79 Å². The number of methoxy groups -OCH3 is 1. The van der Waals surface area contributed by atoms with E-state index < -0.39 is 0 Å². The Morgan fingerprint density at radius 3 is 2.81 bits per heavy atom. The summed E-state index contributed by atoms with van der Waals surface area (Å²) in [4.78, 5) is 16.7. The van der Waals surface area contributed by atoms with Gasteiger partial charge in [0, 0.05) is 12.4 Å². The number of hydrogen-bond donors (Lipinski definition) is 0. The summed E-state index contributed by atoms with van der Waals surface area (Å²) in [5.74, 6) is 0.512. The Labute approximate surface area is 156 Å². The lowest BCUT2D eigenvalue weighted by Crippen LogP contribution is -2.31. The average molecular weight is 368 g/mol. The third-order valence-corrected chi connectivity index (χ3v) is 5.57. The molecule has 0 amide bonds. The third-order valence-electron chi connectivity index (χ3n) is 4.52.